The molecular weight excluding hydrogens is 329 g/mol. The summed E-state index contributed by atoms with van der Waals surface area (Å²) in [6.45, 7) is -0.390. The summed E-state index contributed by atoms with van der Waals surface area (Å²) in [5.74, 6) is -2.27. The van der Waals surface area contributed by atoms with E-state index in [4.69, 9.17) is 5.11 Å². The zero-order chi connectivity index (χ0) is 14.7. The van der Waals surface area contributed by atoms with E-state index in [1.165, 1.54) is 17.0 Å². The van der Waals surface area contributed by atoms with E-state index in [2.05, 4.69) is 15.9 Å². The number of hydrogen-bond acceptors (Lipinski definition) is 2. The van der Waals surface area contributed by atoms with E-state index in [0.717, 1.165) is 25.7 Å². The molecule has 1 amide bonds. The second-order valence-corrected chi connectivity index (χ2v) is 5.80. The van der Waals surface area contributed by atoms with Crippen LogP contribution in [0, 0.1) is 5.82 Å². The van der Waals surface area contributed by atoms with Crippen LogP contribution in [0.2, 0.25) is 0 Å². The van der Waals surface area contributed by atoms with Crippen LogP contribution in [0.5, 0.6) is 0 Å². The molecule has 1 aromatic rings. The fourth-order valence-corrected chi connectivity index (χ4v) is 2.88. The fraction of sp³-hybridized carbons (Fsp3) is 0.429. The van der Waals surface area contributed by atoms with Crippen molar-refractivity contribution in [3.05, 3.63) is 34.1 Å². The molecule has 108 valence electrons. The molecule has 6 heteroatoms. The van der Waals surface area contributed by atoms with Gasteiger partial charge in [-0.3, -0.25) is 9.59 Å². The number of carboxylic acids is 1. The first kappa shape index (κ1) is 15.0. The Morgan fingerprint density at radius 1 is 1.35 bits per heavy atom. The number of rotatable bonds is 4. The third-order valence-corrected chi connectivity index (χ3v) is 3.99. The lowest BCUT2D eigenvalue weighted by molar-refractivity contribution is -0.138. The minimum Gasteiger partial charge on any atom is -0.480 e. The number of nitrogens with zero attached hydrogens (tertiary/aromatic N) is 1. The standard InChI is InChI=1S/C14H15BrFNO3/c15-9-5-6-11(12(16)7-9)14(20)17(8-13(18)19)10-3-1-2-4-10/h5-7,10H,1-4,8H2,(H,18,19). The number of carbonyl (C=O) groups is 2. The average Bonchev–Trinajstić information content (AvgIpc) is 2.88. The maximum atomic E-state index is 13.9. The maximum Gasteiger partial charge on any atom is 0.323 e. The quantitative estimate of drug-likeness (QED) is 0.913. The largest absolute Gasteiger partial charge is 0.480 e. The summed E-state index contributed by atoms with van der Waals surface area (Å²) >= 11 is 3.13. The first-order valence-electron chi connectivity index (χ1n) is 6.47. The molecule has 2 rings (SSSR count). The highest BCUT2D eigenvalue weighted by Crippen LogP contribution is 2.26. The second kappa shape index (κ2) is 6.35. The Kier molecular flexibility index (Phi) is 4.75. The van der Waals surface area contributed by atoms with Gasteiger partial charge in [0.05, 0.1) is 5.56 Å². The van der Waals surface area contributed by atoms with Crippen LogP contribution in [0.15, 0.2) is 22.7 Å². The van der Waals surface area contributed by atoms with E-state index < -0.39 is 17.7 Å². The van der Waals surface area contributed by atoms with Crippen molar-refractivity contribution in [2.24, 2.45) is 0 Å². The normalized spacial score (nSPS) is 15.3. The Morgan fingerprint density at radius 2 is 2.00 bits per heavy atom. The molecule has 4 nitrogen and oxygen atoms in total. The van der Waals surface area contributed by atoms with Gasteiger partial charge in [-0.25, -0.2) is 4.39 Å². The molecule has 1 N–H and O–H groups in total. The summed E-state index contributed by atoms with van der Waals surface area (Å²) in [5, 5.41) is 8.96. The highest BCUT2D eigenvalue weighted by Gasteiger charge is 2.30. The Balaban J connectivity index is 2.27. The number of hydrogen-bond donors (Lipinski definition) is 1. The smallest absolute Gasteiger partial charge is 0.323 e. The Bertz CT molecular complexity index is 529. The number of carbonyl (C=O) groups excluding carboxylic acids is 1. The summed E-state index contributed by atoms with van der Waals surface area (Å²) in [5.41, 5.74) is -0.0821. The summed E-state index contributed by atoms with van der Waals surface area (Å²) in [4.78, 5) is 24.6. The van der Waals surface area contributed by atoms with Gasteiger partial charge in [0.25, 0.3) is 5.91 Å². The highest BCUT2D eigenvalue weighted by atomic mass is 79.9. The summed E-state index contributed by atoms with van der Waals surface area (Å²) in [7, 11) is 0. The van der Waals surface area contributed by atoms with Gasteiger partial charge in [0.1, 0.15) is 12.4 Å². The molecule has 1 saturated carbocycles. The zero-order valence-electron chi connectivity index (χ0n) is 10.8. The third-order valence-electron chi connectivity index (χ3n) is 3.49. The molecule has 0 atom stereocenters. The second-order valence-electron chi connectivity index (χ2n) is 4.89. The molecule has 1 aromatic carbocycles. The van der Waals surface area contributed by atoms with Gasteiger partial charge in [0.2, 0.25) is 0 Å². The van der Waals surface area contributed by atoms with Crippen molar-refractivity contribution in [3.8, 4) is 0 Å². The minimum atomic E-state index is -1.08. The zero-order valence-corrected chi connectivity index (χ0v) is 12.4. The molecule has 0 saturated heterocycles. The predicted molar refractivity (Wildman–Crippen MR) is 75.0 cm³/mol. The van der Waals surface area contributed by atoms with E-state index in [-0.39, 0.29) is 18.2 Å². The average molecular weight is 344 g/mol. The number of amides is 1. The molecule has 0 radical (unpaired) electrons. The van der Waals surface area contributed by atoms with Crippen LogP contribution in [0.25, 0.3) is 0 Å². The number of aliphatic carboxylic acids is 1. The molecule has 0 bridgehead atoms. The first-order valence-corrected chi connectivity index (χ1v) is 7.26. The van der Waals surface area contributed by atoms with Crippen molar-refractivity contribution in [2.75, 3.05) is 6.54 Å². The lowest BCUT2D eigenvalue weighted by Gasteiger charge is -2.27. The van der Waals surface area contributed by atoms with E-state index in [0.29, 0.717) is 4.47 Å². The topological polar surface area (TPSA) is 57.6 Å². The first-order chi connectivity index (χ1) is 9.49. The molecule has 0 spiro atoms. The number of benzene rings is 1. The van der Waals surface area contributed by atoms with E-state index in [9.17, 15) is 14.0 Å². The highest BCUT2D eigenvalue weighted by molar-refractivity contribution is 9.10. The Morgan fingerprint density at radius 3 is 2.55 bits per heavy atom. The van der Waals surface area contributed by atoms with Crippen molar-refractivity contribution in [1.82, 2.24) is 4.90 Å². The maximum absolute atomic E-state index is 13.9. The van der Waals surface area contributed by atoms with Gasteiger partial charge in [-0.2, -0.15) is 0 Å². The van der Waals surface area contributed by atoms with Crippen molar-refractivity contribution < 1.29 is 19.1 Å². The number of halogens is 2. The van der Waals surface area contributed by atoms with Crippen LogP contribution < -0.4 is 0 Å². The van der Waals surface area contributed by atoms with Crippen LogP contribution in [-0.2, 0) is 4.79 Å². The predicted octanol–water partition coefficient (Wildman–Crippen LogP) is 3.06. The molecule has 0 aliphatic heterocycles. The van der Waals surface area contributed by atoms with Crippen molar-refractivity contribution in [2.45, 2.75) is 31.7 Å². The van der Waals surface area contributed by atoms with Crippen LogP contribution in [0.3, 0.4) is 0 Å². The molecule has 0 aromatic heterocycles. The van der Waals surface area contributed by atoms with Crippen molar-refractivity contribution >= 4 is 27.8 Å². The van der Waals surface area contributed by atoms with Gasteiger partial charge in [0, 0.05) is 10.5 Å². The third kappa shape index (κ3) is 3.36. The van der Waals surface area contributed by atoms with Gasteiger partial charge in [0.15, 0.2) is 0 Å². The SMILES string of the molecule is O=C(O)CN(C(=O)c1ccc(Br)cc1F)C1CCCC1. The van der Waals surface area contributed by atoms with Crippen LogP contribution in [0.1, 0.15) is 36.0 Å². The van der Waals surface area contributed by atoms with E-state index >= 15 is 0 Å². The van der Waals surface area contributed by atoms with Crippen molar-refractivity contribution in [3.63, 3.8) is 0 Å². The van der Waals surface area contributed by atoms with Gasteiger partial charge >= 0.3 is 5.97 Å². The van der Waals surface area contributed by atoms with Crippen LogP contribution in [-0.4, -0.2) is 34.5 Å². The molecule has 0 unspecified atom stereocenters. The lowest BCUT2D eigenvalue weighted by atomic mass is 10.1. The lowest BCUT2D eigenvalue weighted by Crippen LogP contribution is -2.42. The minimum absolute atomic E-state index is 0.0821. The molecular formula is C14H15BrFNO3. The fourth-order valence-electron chi connectivity index (χ4n) is 2.55. The van der Waals surface area contributed by atoms with Gasteiger partial charge in [-0.1, -0.05) is 28.8 Å². The molecule has 1 aliphatic rings. The Hall–Kier alpha value is -1.43. The van der Waals surface area contributed by atoms with Gasteiger partial charge in [-0.15, -0.1) is 0 Å². The van der Waals surface area contributed by atoms with Gasteiger partial charge < -0.3 is 10.0 Å². The Labute approximate surface area is 124 Å². The van der Waals surface area contributed by atoms with Crippen molar-refractivity contribution in [1.29, 1.82) is 0 Å². The van der Waals surface area contributed by atoms with Gasteiger partial charge in [-0.05, 0) is 31.0 Å². The van der Waals surface area contributed by atoms with Crippen LogP contribution in [0.4, 0.5) is 4.39 Å². The summed E-state index contributed by atoms with van der Waals surface area (Å²) < 4.78 is 14.4. The molecule has 0 heterocycles. The summed E-state index contributed by atoms with van der Waals surface area (Å²) in [6.07, 6.45) is 3.49. The molecule has 1 aliphatic carbocycles. The molecule has 20 heavy (non-hydrogen) atoms. The van der Waals surface area contributed by atoms with E-state index in [1.54, 1.807) is 6.07 Å². The monoisotopic (exact) mass is 343 g/mol. The number of carboxylic acid groups (broad SMARTS) is 1. The van der Waals surface area contributed by atoms with E-state index in [1.807, 2.05) is 0 Å². The van der Waals surface area contributed by atoms with Crippen LogP contribution >= 0.6 is 15.9 Å². The molecule has 1 fully saturated rings. The summed E-state index contributed by atoms with van der Waals surface area (Å²) in [6, 6.07) is 4.05.